The molecule has 1 spiro atoms. The zero-order valence-electron chi connectivity index (χ0n) is 13.8. The molecule has 0 amide bonds. The van der Waals surface area contributed by atoms with E-state index < -0.39 is 0 Å². The van der Waals surface area contributed by atoms with Crippen LogP contribution in [0.3, 0.4) is 0 Å². The van der Waals surface area contributed by atoms with E-state index in [4.69, 9.17) is 4.99 Å². The number of nitrogens with zero attached hydrogens (tertiary/aromatic N) is 1. The molecule has 1 aliphatic heterocycles. The molecule has 0 aromatic carbocycles. The molecule has 0 radical (unpaired) electrons. The fraction of sp³-hybridized carbons (Fsp3) is 0.941. The number of hydrogen-bond acceptors (Lipinski definition) is 2. The molecule has 0 aromatic rings. The molecule has 2 saturated carbocycles. The molecule has 2 nitrogen and oxygen atoms in total. The van der Waals surface area contributed by atoms with Crippen LogP contribution in [0, 0.1) is 22.7 Å². The molecular weight excluding hydrogens is 264 g/mol. The van der Waals surface area contributed by atoms with Gasteiger partial charge in [0.15, 0.2) is 5.17 Å². The second-order valence-electron chi connectivity index (χ2n) is 8.52. The summed E-state index contributed by atoms with van der Waals surface area (Å²) < 4.78 is 0. The smallest absolute Gasteiger partial charge is 0.157 e. The molecule has 2 aliphatic carbocycles. The molecule has 1 N–H and O–H groups in total. The summed E-state index contributed by atoms with van der Waals surface area (Å²) >= 11 is 1.96. The van der Waals surface area contributed by atoms with Crippen LogP contribution in [0.2, 0.25) is 0 Å². The van der Waals surface area contributed by atoms with Crippen LogP contribution in [-0.4, -0.2) is 23.0 Å². The molecule has 3 rings (SSSR count). The molecule has 0 aromatic heterocycles. The summed E-state index contributed by atoms with van der Waals surface area (Å²) in [5.41, 5.74) is 1.29. The normalized spacial score (nSPS) is 33.5. The molecular formula is C17H30N2S. The van der Waals surface area contributed by atoms with Gasteiger partial charge in [-0.15, -0.1) is 0 Å². The van der Waals surface area contributed by atoms with Gasteiger partial charge in [-0.1, -0.05) is 46.4 Å². The van der Waals surface area contributed by atoms with Crippen molar-refractivity contribution in [3.63, 3.8) is 0 Å². The fourth-order valence-corrected chi connectivity index (χ4v) is 5.37. The van der Waals surface area contributed by atoms with Gasteiger partial charge in [0.1, 0.15) is 0 Å². The minimum absolute atomic E-state index is 0.380. The lowest BCUT2D eigenvalue weighted by atomic mass is 9.78. The first-order valence-corrected chi connectivity index (χ1v) is 9.21. The van der Waals surface area contributed by atoms with Crippen molar-refractivity contribution in [3.05, 3.63) is 0 Å². The molecule has 1 saturated heterocycles. The predicted molar refractivity (Wildman–Crippen MR) is 89.3 cm³/mol. The Labute approximate surface area is 128 Å². The molecule has 0 bridgehead atoms. The Morgan fingerprint density at radius 3 is 2.30 bits per heavy atom. The van der Waals surface area contributed by atoms with Crippen molar-refractivity contribution in [3.8, 4) is 0 Å². The van der Waals surface area contributed by atoms with Crippen LogP contribution in [0.4, 0.5) is 0 Å². The van der Waals surface area contributed by atoms with Crippen LogP contribution in [0.5, 0.6) is 0 Å². The van der Waals surface area contributed by atoms with Crippen LogP contribution in [0.15, 0.2) is 4.99 Å². The van der Waals surface area contributed by atoms with Crippen LogP contribution in [0.1, 0.15) is 60.3 Å². The Morgan fingerprint density at radius 1 is 1.15 bits per heavy atom. The van der Waals surface area contributed by atoms with Crippen LogP contribution in [-0.2, 0) is 0 Å². The van der Waals surface area contributed by atoms with Crippen molar-refractivity contribution in [1.29, 1.82) is 0 Å². The average Bonchev–Trinajstić information content (AvgIpc) is 2.69. The largest absolute Gasteiger partial charge is 0.359 e. The van der Waals surface area contributed by atoms with Gasteiger partial charge in [-0.25, -0.2) is 0 Å². The van der Waals surface area contributed by atoms with Gasteiger partial charge in [0.25, 0.3) is 0 Å². The summed E-state index contributed by atoms with van der Waals surface area (Å²) in [7, 11) is 0. The maximum atomic E-state index is 4.91. The number of aliphatic imine (C=N–C) groups is 1. The Bertz CT molecular complexity index is 403. The van der Waals surface area contributed by atoms with E-state index in [9.17, 15) is 0 Å². The summed E-state index contributed by atoms with van der Waals surface area (Å²) in [4.78, 5) is 4.91. The van der Waals surface area contributed by atoms with Crippen molar-refractivity contribution in [2.45, 2.75) is 65.8 Å². The zero-order valence-corrected chi connectivity index (χ0v) is 14.6. The molecule has 3 aliphatic rings. The molecule has 1 heterocycles. The van der Waals surface area contributed by atoms with E-state index in [1.807, 2.05) is 11.8 Å². The number of hydrogen-bond donors (Lipinski definition) is 1. The van der Waals surface area contributed by atoms with Crippen molar-refractivity contribution < 1.29 is 0 Å². The van der Waals surface area contributed by atoms with Crippen molar-refractivity contribution in [1.82, 2.24) is 5.32 Å². The summed E-state index contributed by atoms with van der Waals surface area (Å²) in [5, 5.41) is 5.00. The predicted octanol–water partition coefficient (Wildman–Crippen LogP) is 4.31. The van der Waals surface area contributed by atoms with Gasteiger partial charge in [0, 0.05) is 17.8 Å². The number of nitrogens with one attached hydrogen (secondary N) is 1. The quantitative estimate of drug-likeness (QED) is 0.820. The molecule has 114 valence electrons. The van der Waals surface area contributed by atoms with Crippen molar-refractivity contribution in [2.75, 3.05) is 12.3 Å². The van der Waals surface area contributed by atoms with Gasteiger partial charge in [-0.3, -0.25) is 4.99 Å². The maximum absolute atomic E-state index is 4.91. The fourth-order valence-electron chi connectivity index (χ4n) is 4.14. The summed E-state index contributed by atoms with van der Waals surface area (Å²) in [6, 6.07) is 0. The van der Waals surface area contributed by atoms with Gasteiger partial charge < -0.3 is 5.32 Å². The summed E-state index contributed by atoms with van der Waals surface area (Å²) in [6.45, 7) is 12.9. The zero-order chi connectivity index (χ0) is 14.6. The minimum Gasteiger partial charge on any atom is -0.359 e. The van der Waals surface area contributed by atoms with E-state index in [-0.39, 0.29) is 0 Å². The molecule has 0 unspecified atom stereocenters. The lowest BCUT2D eigenvalue weighted by Gasteiger charge is -2.35. The SMILES string of the molecule is CC1CCC2(CC1)CSC(=NCC1C(C)(C)C1(C)C)N2. The molecule has 3 fully saturated rings. The van der Waals surface area contributed by atoms with Crippen molar-refractivity contribution in [2.24, 2.45) is 27.7 Å². The second kappa shape index (κ2) is 4.66. The van der Waals surface area contributed by atoms with E-state index in [2.05, 4.69) is 39.9 Å². The summed E-state index contributed by atoms with van der Waals surface area (Å²) in [6.07, 6.45) is 5.42. The van der Waals surface area contributed by atoms with Crippen molar-refractivity contribution >= 4 is 16.9 Å². The number of amidine groups is 1. The highest BCUT2D eigenvalue weighted by molar-refractivity contribution is 8.14. The first-order chi connectivity index (χ1) is 9.27. The Morgan fingerprint density at radius 2 is 1.75 bits per heavy atom. The van der Waals surface area contributed by atoms with Crippen LogP contribution >= 0.6 is 11.8 Å². The van der Waals surface area contributed by atoms with Gasteiger partial charge in [0.05, 0.1) is 0 Å². The maximum Gasteiger partial charge on any atom is 0.157 e. The van der Waals surface area contributed by atoms with E-state index in [1.54, 1.807) is 0 Å². The lowest BCUT2D eigenvalue weighted by molar-refractivity contribution is 0.251. The Balaban J connectivity index is 1.57. The standard InChI is InChI=1S/C17H30N2S/c1-12-6-8-17(9-7-12)11-20-14(19-17)18-10-13-15(2,3)16(13,4)5/h12-13H,6-11H2,1-5H3,(H,18,19). The molecule has 3 heteroatoms. The van der Waals surface area contributed by atoms with E-state index in [0.29, 0.717) is 16.4 Å². The first-order valence-electron chi connectivity index (χ1n) is 8.22. The van der Waals surface area contributed by atoms with Gasteiger partial charge in [-0.05, 0) is 48.3 Å². The average molecular weight is 295 g/mol. The third-order valence-corrected chi connectivity index (χ3v) is 8.03. The van der Waals surface area contributed by atoms with E-state index in [1.165, 1.54) is 36.6 Å². The Hall–Kier alpha value is -0.180. The highest BCUT2D eigenvalue weighted by Gasteiger charge is 2.64. The topological polar surface area (TPSA) is 24.4 Å². The minimum atomic E-state index is 0.380. The summed E-state index contributed by atoms with van der Waals surface area (Å²) in [5.74, 6) is 2.89. The molecule has 20 heavy (non-hydrogen) atoms. The van der Waals surface area contributed by atoms with Gasteiger partial charge in [-0.2, -0.15) is 0 Å². The number of rotatable bonds is 2. The molecule has 0 atom stereocenters. The van der Waals surface area contributed by atoms with E-state index in [0.717, 1.165) is 18.4 Å². The third kappa shape index (κ3) is 2.30. The second-order valence-corrected chi connectivity index (χ2v) is 9.48. The van der Waals surface area contributed by atoms with E-state index >= 15 is 0 Å². The highest BCUT2D eigenvalue weighted by atomic mass is 32.2. The van der Waals surface area contributed by atoms with Crippen LogP contribution < -0.4 is 5.32 Å². The van der Waals surface area contributed by atoms with Crippen LogP contribution in [0.25, 0.3) is 0 Å². The van der Waals surface area contributed by atoms with Gasteiger partial charge in [0.2, 0.25) is 0 Å². The monoisotopic (exact) mass is 294 g/mol. The number of thioether (sulfide) groups is 1. The third-order valence-electron chi connectivity index (χ3n) is 6.83. The Kier molecular flexibility index (Phi) is 3.43. The van der Waals surface area contributed by atoms with Gasteiger partial charge >= 0.3 is 0 Å². The lowest BCUT2D eigenvalue weighted by Crippen LogP contribution is -2.46. The highest BCUT2D eigenvalue weighted by Crippen LogP contribution is 2.68. The first kappa shape index (κ1) is 14.7.